The molecule has 3 aromatic rings. The van der Waals surface area contributed by atoms with Crippen LogP contribution in [0.2, 0.25) is 10.0 Å². The third-order valence-corrected chi connectivity index (χ3v) is 5.89. The van der Waals surface area contributed by atoms with Crippen molar-refractivity contribution in [3.05, 3.63) is 58.1 Å². The van der Waals surface area contributed by atoms with E-state index < -0.39 is 5.82 Å². The molecule has 1 aliphatic rings. The van der Waals surface area contributed by atoms with Gasteiger partial charge in [0, 0.05) is 44.1 Å². The Balaban J connectivity index is 1.38. The highest BCUT2D eigenvalue weighted by Gasteiger charge is 2.23. The quantitative estimate of drug-likeness (QED) is 0.645. The minimum atomic E-state index is -0.395. The van der Waals surface area contributed by atoms with Crippen LogP contribution >= 0.6 is 34.5 Å². The highest BCUT2D eigenvalue weighted by Crippen LogP contribution is 2.34. The fourth-order valence-corrected chi connectivity index (χ4v) is 4.39. The first-order chi connectivity index (χ1) is 14.0. The number of anilines is 3. The van der Waals surface area contributed by atoms with E-state index in [1.807, 2.05) is 0 Å². The van der Waals surface area contributed by atoms with E-state index in [0.29, 0.717) is 52.1 Å². The standard InChI is InChI=1S/C18H15Cl2FN6OS/c19-13-9-22-10-14(20)15(13)26-5-7-27(8-6-26)18-25-24-17(29-18)23-16(28)11-1-3-12(21)4-2-11/h1-4,9-10H,5-8H2,(H,23,24,28). The minimum absolute atomic E-state index is 0.350. The summed E-state index contributed by atoms with van der Waals surface area (Å²) in [6.45, 7) is 2.83. The van der Waals surface area contributed by atoms with Gasteiger partial charge in [-0.3, -0.25) is 15.1 Å². The molecule has 29 heavy (non-hydrogen) atoms. The SMILES string of the molecule is O=C(Nc1nnc(N2CCN(c3c(Cl)cncc3Cl)CC2)s1)c1ccc(F)cc1. The van der Waals surface area contributed by atoms with Gasteiger partial charge in [-0.25, -0.2) is 4.39 Å². The van der Waals surface area contributed by atoms with Crippen molar-refractivity contribution in [2.24, 2.45) is 0 Å². The van der Waals surface area contributed by atoms with Gasteiger partial charge < -0.3 is 9.80 Å². The average molecular weight is 453 g/mol. The molecule has 1 saturated heterocycles. The van der Waals surface area contributed by atoms with E-state index in [4.69, 9.17) is 23.2 Å². The molecule has 0 bridgehead atoms. The highest BCUT2D eigenvalue weighted by atomic mass is 35.5. The first-order valence-corrected chi connectivity index (χ1v) is 10.3. The van der Waals surface area contributed by atoms with Crippen LogP contribution in [-0.2, 0) is 0 Å². The maximum absolute atomic E-state index is 13.0. The Morgan fingerprint density at radius 3 is 2.28 bits per heavy atom. The number of halogens is 3. The molecule has 150 valence electrons. The van der Waals surface area contributed by atoms with Crippen molar-refractivity contribution in [2.75, 3.05) is 41.3 Å². The molecule has 0 unspecified atom stereocenters. The Hall–Kier alpha value is -2.49. The summed E-state index contributed by atoms with van der Waals surface area (Å²) in [5.41, 5.74) is 1.13. The van der Waals surface area contributed by atoms with E-state index in [9.17, 15) is 9.18 Å². The van der Waals surface area contributed by atoms with Gasteiger partial charge in [-0.2, -0.15) is 0 Å². The first-order valence-electron chi connectivity index (χ1n) is 8.70. The van der Waals surface area contributed by atoms with E-state index in [2.05, 4.69) is 30.3 Å². The number of hydrogen-bond donors (Lipinski definition) is 1. The zero-order chi connectivity index (χ0) is 20.4. The molecule has 0 aliphatic carbocycles. The first kappa shape index (κ1) is 19.8. The van der Waals surface area contributed by atoms with Crippen LogP contribution in [0.5, 0.6) is 0 Å². The van der Waals surface area contributed by atoms with Gasteiger partial charge in [0.05, 0.1) is 15.7 Å². The number of benzene rings is 1. The number of nitrogens with zero attached hydrogens (tertiary/aromatic N) is 5. The summed E-state index contributed by atoms with van der Waals surface area (Å²) < 4.78 is 13.0. The number of hydrogen-bond acceptors (Lipinski definition) is 7. The molecule has 0 radical (unpaired) electrons. The molecule has 3 heterocycles. The van der Waals surface area contributed by atoms with Crippen molar-refractivity contribution in [1.82, 2.24) is 15.2 Å². The Kier molecular flexibility index (Phi) is 5.79. The fourth-order valence-electron chi connectivity index (χ4n) is 2.99. The summed E-state index contributed by atoms with van der Waals surface area (Å²) in [7, 11) is 0. The van der Waals surface area contributed by atoms with Gasteiger partial charge in [0.15, 0.2) is 0 Å². The molecule has 7 nitrogen and oxygen atoms in total. The smallest absolute Gasteiger partial charge is 0.257 e. The Labute approximate surface area is 180 Å². The van der Waals surface area contributed by atoms with Crippen LogP contribution in [0.15, 0.2) is 36.7 Å². The lowest BCUT2D eigenvalue weighted by Crippen LogP contribution is -2.46. The molecule has 2 aromatic heterocycles. The number of pyridine rings is 1. The van der Waals surface area contributed by atoms with Gasteiger partial charge in [0.25, 0.3) is 5.91 Å². The van der Waals surface area contributed by atoms with Crippen LogP contribution in [0.3, 0.4) is 0 Å². The Morgan fingerprint density at radius 2 is 1.62 bits per heavy atom. The number of aromatic nitrogens is 3. The molecule has 11 heteroatoms. The lowest BCUT2D eigenvalue weighted by molar-refractivity contribution is 0.102. The summed E-state index contributed by atoms with van der Waals surface area (Å²) in [5.74, 6) is -0.757. The van der Waals surface area contributed by atoms with E-state index in [1.54, 1.807) is 12.4 Å². The Morgan fingerprint density at radius 1 is 1.00 bits per heavy atom. The van der Waals surface area contributed by atoms with Crippen LogP contribution in [0.25, 0.3) is 0 Å². The van der Waals surface area contributed by atoms with Crippen molar-refractivity contribution in [1.29, 1.82) is 0 Å². The molecule has 1 amide bonds. The molecule has 4 rings (SSSR count). The topological polar surface area (TPSA) is 74.2 Å². The third kappa shape index (κ3) is 4.42. The van der Waals surface area contributed by atoms with Crippen molar-refractivity contribution in [3.8, 4) is 0 Å². The number of carbonyl (C=O) groups excluding carboxylic acids is 1. The Bertz CT molecular complexity index is 1000. The summed E-state index contributed by atoms with van der Waals surface area (Å²) in [5, 5.41) is 13.0. The summed E-state index contributed by atoms with van der Waals surface area (Å²) >= 11 is 13.8. The molecule has 0 spiro atoms. The second-order valence-corrected chi connectivity index (χ2v) is 8.05. The molecule has 1 aliphatic heterocycles. The van der Waals surface area contributed by atoms with Gasteiger partial charge >= 0.3 is 0 Å². The van der Waals surface area contributed by atoms with Gasteiger partial charge in [-0.15, -0.1) is 10.2 Å². The lowest BCUT2D eigenvalue weighted by Gasteiger charge is -2.36. The van der Waals surface area contributed by atoms with Crippen LogP contribution in [0.1, 0.15) is 10.4 Å². The van der Waals surface area contributed by atoms with Crippen LogP contribution in [0, 0.1) is 5.82 Å². The highest BCUT2D eigenvalue weighted by molar-refractivity contribution is 7.19. The number of piperazine rings is 1. The normalized spacial score (nSPS) is 14.2. The van der Waals surface area contributed by atoms with Gasteiger partial charge in [0.2, 0.25) is 10.3 Å². The maximum Gasteiger partial charge on any atom is 0.257 e. The van der Waals surface area contributed by atoms with Gasteiger partial charge in [0.1, 0.15) is 5.82 Å². The van der Waals surface area contributed by atoms with E-state index >= 15 is 0 Å². The third-order valence-electron chi connectivity index (χ3n) is 4.44. The van der Waals surface area contributed by atoms with Crippen LogP contribution in [0.4, 0.5) is 20.3 Å². The molecule has 1 N–H and O–H groups in total. The molecule has 0 atom stereocenters. The maximum atomic E-state index is 13.0. The van der Waals surface area contributed by atoms with Gasteiger partial charge in [-0.05, 0) is 24.3 Å². The molecule has 1 fully saturated rings. The molecule has 0 saturated carbocycles. The second kappa shape index (κ2) is 8.48. The summed E-state index contributed by atoms with van der Waals surface area (Å²) in [6.07, 6.45) is 3.16. The number of amides is 1. The average Bonchev–Trinajstić information content (AvgIpc) is 3.17. The summed E-state index contributed by atoms with van der Waals surface area (Å²) in [4.78, 5) is 20.4. The number of nitrogens with one attached hydrogen (secondary N) is 1. The zero-order valence-electron chi connectivity index (χ0n) is 15.0. The predicted molar refractivity (Wildman–Crippen MR) is 113 cm³/mol. The van der Waals surface area contributed by atoms with Gasteiger partial charge in [-0.1, -0.05) is 34.5 Å². The number of carbonyl (C=O) groups is 1. The van der Waals surface area contributed by atoms with Crippen molar-refractivity contribution < 1.29 is 9.18 Å². The van der Waals surface area contributed by atoms with E-state index in [0.717, 1.165) is 5.69 Å². The van der Waals surface area contributed by atoms with Crippen molar-refractivity contribution >= 4 is 56.4 Å². The molecular formula is C18H15Cl2FN6OS. The van der Waals surface area contributed by atoms with E-state index in [1.165, 1.54) is 35.6 Å². The second-order valence-electron chi connectivity index (χ2n) is 6.28. The fraction of sp³-hybridized carbons (Fsp3) is 0.222. The zero-order valence-corrected chi connectivity index (χ0v) is 17.3. The minimum Gasteiger partial charge on any atom is -0.365 e. The van der Waals surface area contributed by atoms with Crippen LogP contribution < -0.4 is 15.1 Å². The lowest BCUT2D eigenvalue weighted by atomic mass is 10.2. The molecule has 1 aromatic carbocycles. The molecular weight excluding hydrogens is 438 g/mol. The van der Waals surface area contributed by atoms with Crippen LogP contribution in [-0.4, -0.2) is 47.3 Å². The predicted octanol–water partition coefficient (Wildman–Crippen LogP) is 3.96. The van der Waals surface area contributed by atoms with E-state index in [-0.39, 0.29) is 5.91 Å². The van der Waals surface area contributed by atoms with Crippen molar-refractivity contribution in [2.45, 2.75) is 0 Å². The largest absolute Gasteiger partial charge is 0.365 e. The monoisotopic (exact) mass is 452 g/mol. The number of rotatable bonds is 4. The summed E-state index contributed by atoms with van der Waals surface area (Å²) in [6, 6.07) is 5.31. The van der Waals surface area contributed by atoms with Crippen molar-refractivity contribution in [3.63, 3.8) is 0 Å².